The number of rotatable bonds is 4. The molecule has 9 nitrogen and oxygen atoms in total. The zero-order valence-corrected chi connectivity index (χ0v) is 14.2. The van der Waals surface area contributed by atoms with Gasteiger partial charge >= 0.3 is 0 Å². The molecule has 9 heteroatoms. The summed E-state index contributed by atoms with van der Waals surface area (Å²) in [5.74, 6) is 5.89. The minimum Gasteiger partial charge on any atom is -0.311 e. The molecule has 3 aromatic rings. The number of H-pyrrole nitrogens is 1. The Kier molecular flexibility index (Phi) is 3.63. The van der Waals surface area contributed by atoms with E-state index in [1.807, 2.05) is 25.5 Å². The van der Waals surface area contributed by atoms with Crippen molar-refractivity contribution in [2.45, 2.75) is 32.2 Å². The van der Waals surface area contributed by atoms with Crippen molar-refractivity contribution in [3.05, 3.63) is 28.8 Å². The van der Waals surface area contributed by atoms with Crippen LogP contribution in [0.2, 0.25) is 0 Å². The molecule has 130 valence electrons. The van der Waals surface area contributed by atoms with E-state index in [1.54, 1.807) is 9.25 Å². The van der Waals surface area contributed by atoms with Gasteiger partial charge in [-0.2, -0.15) is 10.2 Å². The van der Waals surface area contributed by atoms with Crippen molar-refractivity contribution in [2.75, 3.05) is 0 Å². The van der Waals surface area contributed by atoms with Crippen LogP contribution in [0.3, 0.4) is 0 Å². The van der Waals surface area contributed by atoms with Gasteiger partial charge in [-0.05, 0) is 31.7 Å². The van der Waals surface area contributed by atoms with Crippen LogP contribution in [0, 0.1) is 5.92 Å². The van der Waals surface area contributed by atoms with Crippen LogP contribution in [-0.2, 0) is 7.05 Å². The Morgan fingerprint density at radius 2 is 2.24 bits per heavy atom. The van der Waals surface area contributed by atoms with Crippen LogP contribution < -0.4 is 11.4 Å². The van der Waals surface area contributed by atoms with Crippen LogP contribution in [0.4, 0.5) is 5.82 Å². The van der Waals surface area contributed by atoms with Gasteiger partial charge in [0.05, 0.1) is 11.2 Å². The lowest BCUT2D eigenvalue weighted by molar-refractivity contribution is 0.220. The van der Waals surface area contributed by atoms with Gasteiger partial charge < -0.3 is 10.4 Å². The highest BCUT2D eigenvalue weighted by Gasteiger charge is 2.28. The summed E-state index contributed by atoms with van der Waals surface area (Å²) in [6.45, 7) is 2.09. The van der Waals surface area contributed by atoms with Crippen molar-refractivity contribution in [2.24, 2.45) is 29.1 Å². The van der Waals surface area contributed by atoms with E-state index >= 15 is 0 Å². The van der Waals surface area contributed by atoms with E-state index in [0.29, 0.717) is 16.8 Å². The first-order chi connectivity index (χ1) is 12.1. The number of aromatic amines is 1. The minimum absolute atomic E-state index is 0.102. The molecule has 0 bridgehead atoms. The summed E-state index contributed by atoms with van der Waals surface area (Å²) < 4.78 is 3.50. The number of hydrogen-bond donors (Lipinski definition) is 2. The Morgan fingerprint density at radius 3 is 2.84 bits per heavy atom. The van der Waals surface area contributed by atoms with Gasteiger partial charge in [0.15, 0.2) is 0 Å². The van der Waals surface area contributed by atoms with E-state index in [1.165, 1.54) is 6.42 Å². The van der Waals surface area contributed by atoms with Crippen LogP contribution in [0.25, 0.3) is 22.2 Å². The van der Waals surface area contributed by atoms with Crippen molar-refractivity contribution in [1.29, 1.82) is 0 Å². The van der Waals surface area contributed by atoms with E-state index in [9.17, 15) is 4.79 Å². The smallest absolute Gasteiger partial charge is 0.264 e. The number of nitrogens with one attached hydrogen (secondary N) is 1. The van der Waals surface area contributed by atoms with Gasteiger partial charge in [-0.25, -0.2) is 0 Å². The first kappa shape index (κ1) is 15.6. The molecule has 0 radical (unpaired) electrons. The summed E-state index contributed by atoms with van der Waals surface area (Å²) in [5, 5.41) is 18.9. The monoisotopic (exact) mass is 340 g/mol. The SMILES string of the molecule is CC(C1CCC1)n1cc(-c2ccn(C)n2)c2[nH]nc(N=NN)c2c1=O. The summed E-state index contributed by atoms with van der Waals surface area (Å²) in [6.07, 6.45) is 7.24. The van der Waals surface area contributed by atoms with Gasteiger partial charge in [0.1, 0.15) is 5.39 Å². The first-order valence-corrected chi connectivity index (χ1v) is 8.34. The molecule has 25 heavy (non-hydrogen) atoms. The Morgan fingerprint density at radius 1 is 1.44 bits per heavy atom. The molecule has 3 heterocycles. The van der Waals surface area contributed by atoms with Gasteiger partial charge in [-0.15, -0.1) is 5.11 Å². The van der Waals surface area contributed by atoms with Crippen LogP contribution >= 0.6 is 0 Å². The van der Waals surface area contributed by atoms with Crippen molar-refractivity contribution < 1.29 is 0 Å². The Bertz CT molecular complexity index is 1010. The highest BCUT2D eigenvalue weighted by atomic mass is 16.1. The van der Waals surface area contributed by atoms with Crippen molar-refractivity contribution in [3.63, 3.8) is 0 Å². The van der Waals surface area contributed by atoms with E-state index < -0.39 is 0 Å². The summed E-state index contributed by atoms with van der Waals surface area (Å²) in [6, 6.07) is 2.01. The Labute approximate surface area is 143 Å². The van der Waals surface area contributed by atoms with Gasteiger partial charge in [-0.3, -0.25) is 14.6 Å². The second-order valence-corrected chi connectivity index (χ2v) is 6.57. The standard InChI is InChI=1S/C16H20N8O/c1-9(10-4-3-5-10)24-8-11(12-6-7-23(2)21-12)14-13(16(24)25)15(19-18-14)20-22-17/h6-10H,3-5H2,1-2H3,(H3,17,18,19,20). The largest absolute Gasteiger partial charge is 0.311 e. The highest BCUT2D eigenvalue weighted by molar-refractivity contribution is 5.97. The van der Waals surface area contributed by atoms with Crippen molar-refractivity contribution >= 4 is 16.7 Å². The Balaban J connectivity index is 2.00. The maximum atomic E-state index is 13.1. The van der Waals surface area contributed by atoms with E-state index in [4.69, 9.17) is 5.84 Å². The maximum absolute atomic E-state index is 13.1. The zero-order valence-electron chi connectivity index (χ0n) is 14.2. The van der Waals surface area contributed by atoms with Crippen LogP contribution in [0.5, 0.6) is 0 Å². The number of nitrogens with zero attached hydrogens (tertiary/aromatic N) is 6. The molecular weight excluding hydrogens is 320 g/mol. The molecule has 0 aromatic carbocycles. The minimum atomic E-state index is -0.134. The molecule has 3 N–H and O–H groups in total. The number of aromatic nitrogens is 5. The zero-order chi connectivity index (χ0) is 17.6. The second-order valence-electron chi connectivity index (χ2n) is 6.57. The van der Waals surface area contributed by atoms with Gasteiger partial charge in [0.2, 0.25) is 5.82 Å². The van der Waals surface area contributed by atoms with Crippen LogP contribution in [0.1, 0.15) is 32.2 Å². The average molecular weight is 340 g/mol. The first-order valence-electron chi connectivity index (χ1n) is 8.34. The summed E-state index contributed by atoms with van der Waals surface area (Å²) in [5.41, 5.74) is 2.04. The number of hydrogen-bond acceptors (Lipinski definition) is 5. The predicted octanol–water partition coefficient (Wildman–Crippen LogP) is 2.44. The van der Waals surface area contributed by atoms with Gasteiger partial charge in [-0.1, -0.05) is 11.6 Å². The fourth-order valence-electron chi connectivity index (χ4n) is 3.45. The number of nitrogens with two attached hydrogens (primary N) is 1. The third-order valence-electron chi connectivity index (χ3n) is 5.15. The summed E-state index contributed by atoms with van der Waals surface area (Å²) in [7, 11) is 1.86. The molecule has 1 unspecified atom stereocenters. The van der Waals surface area contributed by atoms with Crippen LogP contribution in [0.15, 0.2) is 33.6 Å². The van der Waals surface area contributed by atoms with Gasteiger partial charge in [0, 0.05) is 31.0 Å². The number of aryl methyl sites for hydroxylation is 1. The maximum Gasteiger partial charge on any atom is 0.264 e. The molecule has 1 aliphatic carbocycles. The third-order valence-corrected chi connectivity index (χ3v) is 5.15. The molecule has 1 saturated carbocycles. The average Bonchev–Trinajstić information content (AvgIpc) is 3.14. The van der Waals surface area contributed by atoms with Gasteiger partial charge in [0.25, 0.3) is 5.56 Å². The fourth-order valence-corrected chi connectivity index (χ4v) is 3.45. The molecule has 1 atom stereocenters. The van der Waals surface area contributed by atoms with E-state index in [-0.39, 0.29) is 17.4 Å². The third kappa shape index (κ3) is 2.43. The number of pyridine rings is 1. The summed E-state index contributed by atoms with van der Waals surface area (Å²) in [4.78, 5) is 13.1. The van der Waals surface area contributed by atoms with E-state index in [0.717, 1.165) is 24.1 Å². The molecule has 1 fully saturated rings. The molecule has 0 saturated heterocycles. The highest BCUT2D eigenvalue weighted by Crippen LogP contribution is 2.37. The number of fused-ring (bicyclic) bond motifs is 1. The quantitative estimate of drug-likeness (QED) is 0.430. The molecule has 0 amide bonds. The molecule has 3 aromatic heterocycles. The summed E-state index contributed by atoms with van der Waals surface area (Å²) >= 11 is 0. The lowest BCUT2D eigenvalue weighted by Crippen LogP contribution is -2.30. The lowest BCUT2D eigenvalue weighted by atomic mass is 9.80. The van der Waals surface area contributed by atoms with Crippen LogP contribution in [-0.4, -0.2) is 24.5 Å². The Hall–Kier alpha value is -2.97. The second kappa shape index (κ2) is 5.83. The molecule has 1 aliphatic rings. The van der Waals surface area contributed by atoms with E-state index in [2.05, 4.69) is 32.6 Å². The predicted molar refractivity (Wildman–Crippen MR) is 93.3 cm³/mol. The molecule has 0 aliphatic heterocycles. The van der Waals surface area contributed by atoms with Crippen molar-refractivity contribution in [1.82, 2.24) is 24.5 Å². The topological polar surface area (TPSA) is 119 Å². The fraction of sp³-hybridized carbons (Fsp3) is 0.438. The normalized spacial score (nSPS) is 16.6. The lowest BCUT2D eigenvalue weighted by Gasteiger charge is -2.32. The molecule has 4 rings (SSSR count). The van der Waals surface area contributed by atoms with Crippen molar-refractivity contribution in [3.8, 4) is 11.3 Å². The molecule has 0 spiro atoms. The molecular formula is C16H20N8O.